The predicted molar refractivity (Wildman–Crippen MR) is 279 cm³/mol. The number of nitrogens with zero attached hydrogens (tertiary/aromatic N) is 3. The van der Waals surface area contributed by atoms with Crippen LogP contribution in [0.5, 0.6) is 0 Å². The van der Waals surface area contributed by atoms with Gasteiger partial charge in [0.25, 0.3) is 0 Å². The van der Waals surface area contributed by atoms with E-state index in [4.69, 9.17) is 15.0 Å². The molecule has 4 nitrogen and oxygen atoms in total. The molecular formula is C62H44N4. The molecule has 2 heterocycles. The van der Waals surface area contributed by atoms with Gasteiger partial charge in [-0.05, 0) is 131 Å². The SMILES string of the molecule is C=C/C=C(\C=C)c1cccc(C2=NC(c3cccc(-c4ccccc4)c3)NC(c3cc(-c4ccc(-c5cc6ccccc6c6ccccc56)cc4)cc(-c4ccnc5ccccc45)c3)=N2)c1. The van der Waals surface area contributed by atoms with Crippen molar-refractivity contribution in [3.8, 4) is 44.5 Å². The first-order valence-corrected chi connectivity index (χ1v) is 22.3. The van der Waals surface area contributed by atoms with Crippen LogP contribution in [0.1, 0.15) is 28.4 Å². The van der Waals surface area contributed by atoms with Gasteiger partial charge in [-0.15, -0.1) is 0 Å². The molecule has 1 aromatic heterocycles. The normalized spacial score (nSPS) is 13.8. The summed E-state index contributed by atoms with van der Waals surface area (Å²) in [7, 11) is 0. The van der Waals surface area contributed by atoms with E-state index in [1.807, 2.05) is 36.5 Å². The molecule has 0 radical (unpaired) electrons. The third-order valence-electron chi connectivity index (χ3n) is 12.5. The largest absolute Gasteiger partial charge is 0.344 e. The summed E-state index contributed by atoms with van der Waals surface area (Å²) in [5.74, 6) is 1.36. The van der Waals surface area contributed by atoms with E-state index in [1.165, 1.54) is 32.7 Å². The maximum Gasteiger partial charge on any atom is 0.159 e. The zero-order valence-corrected chi connectivity index (χ0v) is 36.3. The summed E-state index contributed by atoms with van der Waals surface area (Å²) >= 11 is 0. The molecule has 312 valence electrons. The molecule has 66 heavy (non-hydrogen) atoms. The monoisotopic (exact) mass is 844 g/mol. The highest BCUT2D eigenvalue weighted by Crippen LogP contribution is 2.38. The Balaban J connectivity index is 1.07. The van der Waals surface area contributed by atoms with Gasteiger partial charge in [-0.25, -0.2) is 9.98 Å². The summed E-state index contributed by atoms with van der Waals surface area (Å²) < 4.78 is 0. The van der Waals surface area contributed by atoms with Crippen molar-refractivity contribution in [2.24, 2.45) is 9.98 Å². The molecule has 0 spiro atoms. The molecule has 0 fully saturated rings. The number of para-hydroxylation sites is 1. The quantitative estimate of drug-likeness (QED) is 0.110. The second-order valence-corrected chi connectivity index (χ2v) is 16.5. The second-order valence-electron chi connectivity index (χ2n) is 16.5. The Hall–Kier alpha value is -8.73. The topological polar surface area (TPSA) is 49.6 Å². The summed E-state index contributed by atoms with van der Waals surface area (Å²) in [4.78, 5) is 15.4. The van der Waals surface area contributed by atoms with Crippen molar-refractivity contribution < 1.29 is 0 Å². The predicted octanol–water partition coefficient (Wildman–Crippen LogP) is 15.5. The van der Waals surface area contributed by atoms with Crippen molar-refractivity contribution in [3.05, 3.63) is 266 Å². The molecule has 9 aromatic carbocycles. The summed E-state index contributed by atoms with van der Waals surface area (Å²) in [6.45, 7) is 8.01. The number of fused-ring (bicyclic) bond motifs is 4. The number of hydrogen-bond acceptors (Lipinski definition) is 4. The van der Waals surface area contributed by atoms with Gasteiger partial charge in [0.2, 0.25) is 0 Å². The Morgan fingerprint density at radius 1 is 0.470 bits per heavy atom. The molecule has 1 aliphatic heterocycles. The number of aromatic nitrogens is 1. The maximum atomic E-state index is 5.37. The lowest BCUT2D eigenvalue weighted by Crippen LogP contribution is -2.33. The average molecular weight is 845 g/mol. The fourth-order valence-electron chi connectivity index (χ4n) is 9.23. The lowest BCUT2D eigenvalue weighted by Gasteiger charge is -2.25. The van der Waals surface area contributed by atoms with Crippen LogP contribution in [-0.4, -0.2) is 16.7 Å². The van der Waals surface area contributed by atoms with Crippen LogP contribution in [0.2, 0.25) is 0 Å². The van der Waals surface area contributed by atoms with E-state index >= 15 is 0 Å². The van der Waals surface area contributed by atoms with Crippen LogP contribution in [0.15, 0.2) is 254 Å². The highest BCUT2D eigenvalue weighted by atomic mass is 15.2. The fourth-order valence-corrected chi connectivity index (χ4v) is 9.23. The van der Waals surface area contributed by atoms with Crippen LogP contribution in [0.4, 0.5) is 0 Å². The van der Waals surface area contributed by atoms with Crippen molar-refractivity contribution in [1.29, 1.82) is 0 Å². The zero-order chi connectivity index (χ0) is 44.4. The third-order valence-corrected chi connectivity index (χ3v) is 12.5. The van der Waals surface area contributed by atoms with Crippen molar-refractivity contribution in [1.82, 2.24) is 10.3 Å². The minimum atomic E-state index is -0.424. The minimum absolute atomic E-state index is 0.424. The summed E-state index contributed by atoms with van der Waals surface area (Å²) in [6.07, 6.45) is 7.08. The van der Waals surface area contributed by atoms with E-state index in [9.17, 15) is 0 Å². The first-order chi connectivity index (χ1) is 32.6. The van der Waals surface area contributed by atoms with E-state index in [1.54, 1.807) is 6.08 Å². The van der Waals surface area contributed by atoms with Gasteiger partial charge in [0.1, 0.15) is 12.0 Å². The van der Waals surface area contributed by atoms with Crippen LogP contribution in [-0.2, 0) is 0 Å². The van der Waals surface area contributed by atoms with Crippen molar-refractivity contribution in [2.75, 3.05) is 0 Å². The molecule has 1 atom stereocenters. The van der Waals surface area contributed by atoms with Crippen molar-refractivity contribution in [3.63, 3.8) is 0 Å². The van der Waals surface area contributed by atoms with Gasteiger partial charge in [-0.1, -0.05) is 189 Å². The Morgan fingerprint density at radius 2 is 1.14 bits per heavy atom. The van der Waals surface area contributed by atoms with E-state index in [0.717, 1.165) is 77.9 Å². The van der Waals surface area contributed by atoms with Crippen LogP contribution in [0.25, 0.3) is 82.5 Å². The molecule has 0 aliphatic carbocycles. The second kappa shape index (κ2) is 17.4. The molecule has 0 saturated heterocycles. The Kier molecular flexibility index (Phi) is 10.6. The molecular weight excluding hydrogens is 801 g/mol. The Bertz CT molecular complexity index is 3590. The fraction of sp³-hybridized carbons (Fsp3) is 0.0161. The molecule has 0 amide bonds. The third kappa shape index (κ3) is 7.71. The molecule has 1 unspecified atom stereocenters. The van der Waals surface area contributed by atoms with Crippen LogP contribution < -0.4 is 5.32 Å². The van der Waals surface area contributed by atoms with Gasteiger partial charge >= 0.3 is 0 Å². The standard InChI is InChI=1S/C62H44N4/c1-3-16-41(4-2)45-20-14-22-48(35-45)60-64-61(49-23-15-21-46(36-49)42-17-6-5-7-18-42)66-62(65-60)52-38-50(37-51(39-52)54-33-34-63-59-28-13-12-27-57(54)59)43-29-31-44(32-30-43)58-40-47-19-8-9-24-53(47)55-25-10-11-26-56(55)58/h3-40,61H,1-2H2,(H,64,65,66)/b41-16+. The lowest BCUT2D eigenvalue weighted by molar-refractivity contribution is 0.674. The molecule has 4 heteroatoms. The van der Waals surface area contributed by atoms with Crippen molar-refractivity contribution in [2.45, 2.75) is 6.17 Å². The number of hydrogen-bond donors (Lipinski definition) is 1. The van der Waals surface area contributed by atoms with E-state index in [0.29, 0.717) is 5.84 Å². The van der Waals surface area contributed by atoms with E-state index in [-0.39, 0.29) is 0 Å². The summed E-state index contributed by atoms with van der Waals surface area (Å²) in [5, 5.41) is 9.87. The van der Waals surface area contributed by atoms with Gasteiger partial charge in [0.15, 0.2) is 5.84 Å². The van der Waals surface area contributed by atoms with Crippen LogP contribution in [0, 0.1) is 0 Å². The van der Waals surface area contributed by atoms with Gasteiger partial charge in [-0.2, -0.15) is 0 Å². The van der Waals surface area contributed by atoms with Gasteiger partial charge in [0, 0.05) is 22.7 Å². The zero-order valence-electron chi connectivity index (χ0n) is 36.3. The van der Waals surface area contributed by atoms with Gasteiger partial charge < -0.3 is 5.32 Å². The van der Waals surface area contributed by atoms with Crippen molar-refractivity contribution >= 4 is 49.7 Å². The summed E-state index contributed by atoms with van der Waals surface area (Å²) in [5.41, 5.74) is 14.8. The minimum Gasteiger partial charge on any atom is -0.344 e. The Morgan fingerprint density at radius 3 is 1.97 bits per heavy atom. The first-order valence-electron chi connectivity index (χ1n) is 22.3. The van der Waals surface area contributed by atoms with Crippen LogP contribution in [0.3, 0.4) is 0 Å². The number of allylic oxidation sites excluding steroid dienone is 4. The van der Waals surface area contributed by atoms with E-state index in [2.05, 4.69) is 207 Å². The molecule has 1 aliphatic rings. The molecule has 11 rings (SSSR count). The first kappa shape index (κ1) is 40.1. The number of rotatable bonds is 10. The Labute approximate surface area is 385 Å². The average Bonchev–Trinajstić information content (AvgIpc) is 3.40. The molecule has 10 aromatic rings. The van der Waals surface area contributed by atoms with Gasteiger partial charge in [-0.3, -0.25) is 4.98 Å². The number of pyridine rings is 1. The smallest absolute Gasteiger partial charge is 0.159 e. The van der Waals surface area contributed by atoms with E-state index < -0.39 is 6.17 Å². The number of amidine groups is 2. The lowest BCUT2D eigenvalue weighted by atomic mass is 9.91. The number of aliphatic imine (C=N–C) groups is 2. The molecule has 0 saturated carbocycles. The maximum absolute atomic E-state index is 5.37. The summed E-state index contributed by atoms with van der Waals surface area (Å²) in [6, 6.07) is 73.3. The highest BCUT2D eigenvalue weighted by Gasteiger charge is 2.23. The number of benzene rings is 9. The number of nitrogens with one attached hydrogen (secondary N) is 1. The van der Waals surface area contributed by atoms with Gasteiger partial charge in [0.05, 0.1) is 5.52 Å². The van der Waals surface area contributed by atoms with Crippen LogP contribution >= 0.6 is 0 Å². The molecule has 0 bridgehead atoms. The molecule has 1 N–H and O–H groups in total. The highest BCUT2D eigenvalue weighted by molar-refractivity contribution is 6.15.